The van der Waals surface area contributed by atoms with Crippen molar-refractivity contribution in [1.29, 1.82) is 0 Å². The molecule has 1 aliphatic heterocycles. The van der Waals surface area contributed by atoms with Gasteiger partial charge in [0.15, 0.2) is 0 Å². The summed E-state index contributed by atoms with van der Waals surface area (Å²) < 4.78 is 0. The van der Waals surface area contributed by atoms with E-state index in [0.29, 0.717) is 17.2 Å². The summed E-state index contributed by atoms with van der Waals surface area (Å²) in [5, 5.41) is 3.03. The predicted octanol–water partition coefficient (Wildman–Crippen LogP) is 1.65. The van der Waals surface area contributed by atoms with Crippen LogP contribution < -0.4 is 11.1 Å². The third kappa shape index (κ3) is 3.47. The zero-order chi connectivity index (χ0) is 13.8. The molecule has 0 radical (unpaired) electrons. The quantitative estimate of drug-likeness (QED) is 0.813. The summed E-state index contributed by atoms with van der Waals surface area (Å²) in [6.07, 6.45) is 2.40. The van der Waals surface area contributed by atoms with Gasteiger partial charge in [0.05, 0.1) is 5.56 Å². The summed E-state index contributed by atoms with van der Waals surface area (Å²) in [7, 11) is 2.13. The first-order valence-electron chi connectivity index (χ1n) is 6.89. The molecule has 2 rings (SSSR count). The molecule has 0 aromatic heterocycles. The first-order chi connectivity index (χ1) is 9.08. The number of nitrogen functional groups attached to an aromatic ring is 1. The maximum atomic E-state index is 12.2. The van der Waals surface area contributed by atoms with Gasteiger partial charge in [0.2, 0.25) is 0 Å². The number of carbonyl (C=O) groups is 1. The van der Waals surface area contributed by atoms with E-state index in [9.17, 15) is 4.79 Å². The van der Waals surface area contributed by atoms with E-state index in [1.807, 2.05) is 19.1 Å². The lowest BCUT2D eigenvalue weighted by molar-refractivity contribution is 0.0937. The van der Waals surface area contributed by atoms with Crippen LogP contribution in [0.2, 0.25) is 0 Å². The molecular weight excluding hydrogens is 238 g/mol. The van der Waals surface area contributed by atoms with Crippen molar-refractivity contribution in [3.05, 3.63) is 29.3 Å². The summed E-state index contributed by atoms with van der Waals surface area (Å²) >= 11 is 0. The SMILES string of the molecule is Cc1cccc(N)c1C(=O)NCC1CCCN(C)C1. The minimum absolute atomic E-state index is 0.0520. The molecule has 1 fully saturated rings. The van der Waals surface area contributed by atoms with Crippen molar-refractivity contribution in [2.75, 3.05) is 32.4 Å². The molecule has 1 amide bonds. The lowest BCUT2D eigenvalue weighted by Gasteiger charge is -2.29. The van der Waals surface area contributed by atoms with Gasteiger partial charge in [-0.15, -0.1) is 0 Å². The molecule has 104 valence electrons. The van der Waals surface area contributed by atoms with Gasteiger partial charge >= 0.3 is 0 Å². The summed E-state index contributed by atoms with van der Waals surface area (Å²) in [6, 6.07) is 5.56. The molecule has 19 heavy (non-hydrogen) atoms. The second-order valence-electron chi connectivity index (χ2n) is 5.52. The van der Waals surface area contributed by atoms with Crippen LogP contribution in [0.15, 0.2) is 18.2 Å². The molecule has 1 unspecified atom stereocenters. The van der Waals surface area contributed by atoms with E-state index in [1.165, 1.54) is 12.8 Å². The van der Waals surface area contributed by atoms with Gasteiger partial charge in [-0.25, -0.2) is 0 Å². The van der Waals surface area contributed by atoms with Crippen molar-refractivity contribution in [3.8, 4) is 0 Å². The number of piperidine rings is 1. The van der Waals surface area contributed by atoms with Crippen LogP contribution in [-0.2, 0) is 0 Å². The van der Waals surface area contributed by atoms with Crippen molar-refractivity contribution in [2.45, 2.75) is 19.8 Å². The molecule has 4 heteroatoms. The Morgan fingerprint density at radius 1 is 1.53 bits per heavy atom. The Bertz CT molecular complexity index is 438. The van der Waals surface area contributed by atoms with Crippen LogP contribution in [0.1, 0.15) is 28.8 Å². The third-order valence-electron chi connectivity index (χ3n) is 3.81. The smallest absolute Gasteiger partial charge is 0.253 e. The lowest BCUT2D eigenvalue weighted by atomic mass is 9.98. The Morgan fingerprint density at radius 2 is 2.32 bits per heavy atom. The van der Waals surface area contributed by atoms with Crippen molar-refractivity contribution in [2.24, 2.45) is 5.92 Å². The van der Waals surface area contributed by atoms with Gasteiger partial charge in [-0.1, -0.05) is 12.1 Å². The van der Waals surface area contributed by atoms with Crippen LogP contribution in [0.25, 0.3) is 0 Å². The predicted molar refractivity (Wildman–Crippen MR) is 78.1 cm³/mol. The number of hydrogen-bond donors (Lipinski definition) is 2. The maximum absolute atomic E-state index is 12.2. The fourth-order valence-electron chi connectivity index (χ4n) is 2.77. The van der Waals surface area contributed by atoms with Gasteiger partial charge in [0.25, 0.3) is 5.91 Å². The first kappa shape index (κ1) is 13.9. The van der Waals surface area contributed by atoms with Gasteiger partial charge in [0, 0.05) is 18.8 Å². The first-order valence-corrected chi connectivity index (χ1v) is 6.89. The Hall–Kier alpha value is -1.55. The van der Waals surface area contributed by atoms with E-state index in [1.54, 1.807) is 6.07 Å². The molecule has 4 nitrogen and oxygen atoms in total. The van der Waals surface area contributed by atoms with Crippen LogP contribution in [-0.4, -0.2) is 37.5 Å². The lowest BCUT2D eigenvalue weighted by Crippen LogP contribution is -2.39. The Kier molecular flexibility index (Phi) is 4.43. The standard InChI is InChI=1S/C15H23N3O/c1-11-5-3-7-13(16)14(11)15(19)17-9-12-6-4-8-18(2)10-12/h3,5,7,12H,4,6,8-10,16H2,1-2H3,(H,17,19). The van der Waals surface area contributed by atoms with Crippen molar-refractivity contribution >= 4 is 11.6 Å². The van der Waals surface area contributed by atoms with Gasteiger partial charge in [-0.2, -0.15) is 0 Å². The van der Waals surface area contributed by atoms with Crippen molar-refractivity contribution < 1.29 is 4.79 Å². The summed E-state index contributed by atoms with van der Waals surface area (Å²) in [5.41, 5.74) is 7.98. The fourth-order valence-corrected chi connectivity index (χ4v) is 2.77. The number of likely N-dealkylation sites (tertiary alicyclic amines) is 1. The van der Waals surface area contributed by atoms with E-state index in [2.05, 4.69) is 17.3 Å². The number of nitrogens with one attached hydrogen (secondary N) is 1. The number of benzene rings is 1. The summed E-state index contributed by atoms with van der Waals surface area (Å²) in [5.74, 6) is 0.497. The number of anilines is 1. The normalized spacial score (nSPS) is 20.2. The topological polar surface area (TPSA) is 58.4 Å². The minimum atomic E-state index is -0.0520. The van der Waals surface area contributed by atoms with Crippen molar-refractivity contribution in [1.82, 2.24) is 10.2 Å². The molecule has 1 aromatic rings. The van der Waals surface area contributed by atoms with Gasteiger partial charge in [-0.3, -0.25) is 4.79 Å². The van der Waals surface area contributed by atoms with Crippen LogP contribution in [0.4, 0.5) is 5.69 Å². The molecule has 1 aliphatic rings. The summed E-state index contributed by atoms with van der Waals surface area (Å²) in [6.45, 7) is 4.87. The van der Waals surface area contributed by atoms with E-state index < -0.39 is 0 Å². The molecule has 1 atom stereocenters. The second-order valence-corrected chi connectivity index (χ2v) is 5.52. The van der Waals surface area contributed by atoms with E-state index in [4.69, 9.17) is 5.73 Å². The highest BCUT2D eigenvalue weighted by atomic mass is 16.1. The monoisotopic (exact) mass is 261 g/mol. The van der Waals surface area contributed by atoms with Crippen molar-refractivity contribution in [3.63, 3.8) is 0 Å². The minimum Gasteiger partial charge on any atom is -0.398 e. The highest BCUT2D eigenvalue weighted by Crippen LogP contribution is 2.17. The molecule has 1 heterocycles. The zero-order valence-corrected chi connectivity index (χ0v) is 11.8. The van der Waals surface area contributed by atoms with Crippen LogP contribution in [0, 0.1) is 12.8 Å². The highest BCUT2D eigenvalue weighted by Gasteiger charge is 2.19. The highest BCUT2D eigenvalue weighted by molar-refractivity contribution is 6.00. The summed E-state index contributed by atoms with van der Waals surface area (Å²) in [4.78, 5) is 14.5. The van der Waals surface area contributed by atoms with Crippen LogP contribution in [0.3, 0.4) is 0 Å². The number of rotatable bonds is 3. The Morgan fingerprint density at radius 3 is 3.00 bits per heavy atom. The number of aryl methyl sites for hydroxylation is 1. The van der Waals surface area contributed by atoms with E-state index in [0.717, 1.165) is 25.2 Å². The molecule has 1 saturated heterocycles. The molecular formula is C15H23N3O. The third-order valence-corrected chi connectivity index (χ3v) is 3.81. The van der Waals surface area contributed by atoms with Crippen LogP contribution >= 0.6 is 0 Å². The Balaban J connectivity index is 1.94. The van der Waals surface area contributed by atoms with E-state index in [-0.39, 0.29) is 5.91 Å². The molecule has 3 N–H and O–H groups in total. The van der Waals surface area contributed by atoms with Gasteiger partial charge in [-0.05, 0) is 50.9 Å². The molecule has 0 saturated carbocycles. The van der Waals surface area contributed by atoms with E-state index >= 15 is 0 Å². The molecule has 0 spiro atoms. The average molecular weight is 261 g/mol. The Labute approximate surface area is 115 Å². The zero-order valence-electron chi connectivity index (χ0n) is 11.8. The van der Waals surface area contributed by atoms with Gasteiger partial charge in [0.1, 0.15) is 0 Å². The molecule has 0 aliphatic carbocycles. The van der Waals surface area contributed by atoms with Gasteiger partial charge < -0.3 is 16.0 Å². The molecule has 0 bridgehead atoms. The number of nitrogens with zero attached hydrogens (tertiary/aromatic N) is 1. The van der Waals surface area contributed by atoms with Crippen LogP contribution in [0.5, 0.6) is 0 Å². The maximum Gasteiger partial charge on any atom is 0.253 e. The number of hydrogen-bond acceptors (Lipinski definition) is 3. The second kappa shape index (κ2) is 6.06. The average Bonchev–Trinajstić information content (AvgIpc) is 2.36. The fraction of sp³-hybridized carbons (Fsp3) is 0.533. The molecule has 1 aromatic carbocycles. The number of nitrogens with two attached hydrogens (primary N) is 1. The number of carbonyl (C=O) groups excluding carboxylic acids is 1. The largest absolute Gasteiger partial charge is 0.398 e. The number of amides is 1.